The highest BCUT2D eigenvalue weighted by Crippen LogP contribution is 2.12. The molecule has 82 valence electrons. The maximum Gasteiger partial charge on any atom is 0.241 e. The zero-order valence-electron chi connectivity index (χ0n) is 8.99. The summed E-state index contributed by atoms with van der Waals surface area (Å²) in [4.78, 5) is 11.8. The molecule has 1 aliphatic rings. The van der Waals surface area contributed by atoms with Gasteiger partial charge in [-0.25, -0.2) is 0 Å². The molecule has 1 heterocycles. The number of nitrogens with one attached hydrogen (secondary N) is 2. The molecule has 0 saturated carbocycles. The third-order valence-electron chi connectivity index (χ3n) is 2.67. The molecule has 1 aromatic carbocycles. The second-order valence-electron chi connectivity index (χ2n) is 3.86. The fourth-order valence-corrected chi connectivity index (χ4v) is 1.82. The van der Waals surface area contributed by atoms with E-state index in [1.54, 1.807) is 6.07 Å². The molecular formula is C13H14N2O. The molecule has 0 spiro atoms. The van der Waals surface area contributed by atoms with E-state index in [0.29, 0.717) is 0 Å². The smallest absolute Gasteiger partial charge is 0.241 e. The first-order chi connectivity index (χ1) is 7.79. The Hall–Kier alpha value is -1.79. The number of anilines is 1. The normalized spacial score (nSPS) is 19.1. The lowest BCUT2D eigenvalue weighted by atomic mass is 10.2. The van der Waals surface area contributed by atoms with E-state index >= 15 is 0 Å². The van der Waals surface area contributed by atoms with Crippen molar-refractivity contribution in [2.24, 2.45) is 0 Å². The Morgan fingerprint density at radius 3 is 3.12 bits per heavy atom. The number of terminal acetylenes is 1. The van der Waals surface area contributed by atoms with E-state index in [-0.39, 0.29) is 11.9 Å². The molecule has 1 aliphatic heterocycles. The minimum Gasteiger partial charge on any atom is -0.325 e. The molecule has 0 radical (unpaired) electrons. The van der Waals surface area contributed by atoms with Crippen molar-refractivity contribution in [1.29, 1.82) is 0 Å². The molecule has 1 fully saturated rings. The van der Waals surface area contributed by atoms with Gasteiger partial charge in [-0.05, 0) is 37.6 Å². The average molecular weight is 214 g/mol. The van der Waals surface area contributed by atoms with Gasteiger partial charge in [-0.3, -0.25) is 4.79 Å². The van der Waals surface area contributed by atoms with E-state index in [4.69, 9.17) is 6.42 Å². The van der Waals surface area contributed by atoms with Crippen molar-refractivity contribution in [2.75, 3.05) is 11.9 Å². The van der Waals surface area contributed by atoms with Gasteiger partial charge in [-0.15, -0.1) is 6.42 Å². The van der Waals surface area contributed by atoms with Crippen LogP contribution in [0.5, 0.6) is 0 Å². The Bertz CT molecular complexity index is 428. The molecule has 0 unspecified atom stereocenters. The summed E-state index contributed by atoms with van der Waals surface area (Å²) in [6, 6.07) is 7.26. The van der Waals surface area contributed by atoms with Gasteiger partial charge in [0.1, 0.15) is 0 Å². The van der Waals surface area contributed by atoms with Crippen molar-refractivity contribution < 1.29 is 4.79 Å². The molecule has 0 bridgehead atoms. The molecule has 1 aromatic rings. The quantitative estimate of drug-likeness (QED) is 0.730. The van der Waals surface area contributed by atoms with Gasteiger partial charge >= 0.3 is 0 Å². The van der Waals surface area contributed by atoms with Gasteiger partial charge in [0, 0.05) is 11.3 Å². The molecule has 0 aromatic heterocycles. The van der Waals surface area contributed by atoms with Crippen molar-refractivity contribution in [1.82, 2.24) is 5.32 Å². The zero-order valence-corrected chi connectivity index (χ0v) is 8.99. The summed E-state index contributed by atoms with van der Waals surface area (Å²) in [5.41, 5.74) is 1.53. The third kappa shape index (κ3) is 2.41. The van der Waals surface area contributed by atoms with Crippen LogP contribution in [0.15, 0.2) is 24.3 Å². The van der Waals surface area contributed by atoms with E-state index in [1.165, 1.54) is 0 Å². The highest BCUT2D eigenvalue weighted by atomic mass is 16.2. The van der Waals surface area contributed by atoms with Gasteiger partial charge < -0.3 is 10.6 Å². The average Bonchev–Trinajstić information content (AvgIpc) is 2.83. The van der Waals surface area contributed by atoms with E-state index in [2.05, 4.69) is 16.6 Å². The van der Waals surface area contributed by atoms with Crippen LogP contribution in [-0.2, 0) is 4.79 Å². The fraction of sp³-hybridized carbons (Fsp3) is 0.308. The van der Waals surface area contributed by atoms with Crippen LogP contribution in [0, 0.1) is 12.3 Å². The van der Waals surface area contributed by atoms with Crippen molar-refractivity contribution >= 4 is 11.6 Å². The lowest BCUT2D eigenvalue weighted by Crippen LogP contribution is -2.35. The summed E-state index contributed by atoms with van der Waals surface area (Å²) in [7, 11) is 0. The molecular weight excluding hydrogens is 200 g/mol. The van der Waals surface area contributed by atoms with Crippen LogP contribution >= 0.6 is 0 Å². The second kappa shape index (κ2) is 4.82. The van der Waals surface area contributed by atoms with E-state index in [9.17, 15) is 4.79 Å². The van der Waals surface area contributed by atoms with Gasteiger partial charge in [-0.2, -0.15) is 0 Å². The highest BCUT2D eigenvalue weighted by molar-refractivity contribution is 5.95. The Morgan fingerprint density at radius 1 is 1.56 bits per heavy atom. The van der Waals surface area contributed by atoms with Gasteiger partial charge in [0.15, 0.2) is 0 Å². The molecule has 2 rings (SSSR count). The molecule has 1 saturated heterocycles. The third-order valence-corrected chi connectivity index (χ3v) is 2.67. The Labute approximate surface area is 95.2 Å². The Balaban J connectivity index is 2.03. The minimum absolute atomic E-state index is 0.0201. The second-order valence-corrected chi connectivity index (χ2v) is 3.86. The molecule has 0 aliphatic carbocycles. The van der Waals surface area contributed by atoms with Crippen LogP contribution in [0.2, 0.25) is 0 Å². The number of amides is 1. The van der Waals surface area contributed by atoms with Crippen molar-refractivity contribution in [3.63, 3.8) is 0 Å². The first-order valence-corrected chi connectivity index (χ1v) is 5.40. The summed E-state index contributed by atoms with van der Waals surface area (Å²) in [6.45, 7) is 0.919. The van der Waals surface area contributed by atoms with Crippen LogP contribution < -0.4 is 10.6 Å². The molecule has 16 heavy (non-hydrogen) atoms. The Kier molecular flexibility index (Phi) is 3.23. The largest absolute Gasteiger partial charge is 0.325 e. The van der Waals surface area contributed by atoms with E-state index < -0.39 is 0 Å². The van der Waals surface area contributed by atoms with Crippen LogP contribution in [0.1, 0.15) is 18.4 Å². The zero-order chi connectivity index (χ0) is 11.4. The van der Waals surface area contributed by atoms with Crippen LogP contribution in [-0.4, -0.2) is 18.5 Å². The summed E-state index contributed by atoms with van der Waals surface area (Å²) in [5, 5.41) is 6.01. The fourth-order valence-electron chi connectivity index (χ4n) is 1.82. The monoisotopic (exact) mass is 214 g/mol. The SMILES string of the molecule is C#Cc1cccc(NC(=O)[C@@H]2CCCN2)c1. The lowest BCUT2D eigenvalue weighted by molar-refractivity contribution is -0.117. The van der Waals surface area contributed by atoms with Crippen molar-refractivity contribution in [3.8, 4) is 12.3 Å². The van der Waals surface area contributed by atoms with Crippen LogP contribution in [0.3, 0.4) is 0 Å². The predicted octanol–water partition coefficient (Wildman–Crippen LogP) is 1.36. The first-order valence-electron chi connectivity index (χ1n) is 5.40. The topological polar surface area (TPSA) is 41.1 Å². The van der Waals surface area contributed by atoms with Gasteiger partial charge in [-0.1, -0.05) is 12.0 Å². The molecule has 1 atom stereocenters. The molecule has 3 nitrogen and oxygen atoms in total. The van der Waals surface area contributed by atoms with E-state index in [0.717, 1.165) is 30.6 Å². The number of carbonyl (C=O) groups is 1. The molecule has 3 heteroatoms. The predicted molar refractivity (Wildman–Crippen MR) is 64.0 cm³/mol. The van der Waals surface area contributed by atoms with Crippen LogP contribution in [0.4, 0.5) is 5.69 Å². The van der Waals surface area contributed by atoms with Crippen LogP contribution in [0.25, 0.3) is 0 Å². The number of hydrogen-bond donors (Lipinski definition) is 2. The minimum atomic E-state index is -0.0607. The standard InChI is InChI=1S/C13H14N2O/c1-2-10-5-3-6-11(9-10)15-13(16)12-7-4-8-14-12/h1,3,5-6,9,12,14H,4,7-8H2,(H,15,16)/t12-/m0/s1. The van der Waals surface area contributed by atoms with Gasteiger partial charge in [0.05, 0.1) is 6.04 Å². The summed E-state index contributed by atoms with van der Waals surface area (Å²) in [6.07, 6.45) is 7.26. The van der Waals surface area contributed by atoms with Crippen molar-refractivity contribution in [3.05, 3.63) is 29.8 Å². The maximum atomic E-state index is 11.8. The lowest BCUT2D eigenvalue weighted by Gasteiger charge is -2.11. The number of carbonyl (C=O) groups excluding carboxylic acids is 1. The van der Waals surface area contributed by atoms with Crippen molar-refractivity contribution in [2.45, 2.75) is 18.9 Å². The molecule has 1 amide bonds. The summed E-state index contributed by atoms with van der Waals surface area (Å²) < 4.78 is 0. The van der Waals surface area contributed by atoms with Gasteiger partial charge in [0.25, 0.3) is 0 Å². The molecule has 2 N–H and O–H groups in total. The number of benzene rings is 1. The Morgan fingerprint density at radius 2 is 2.44 bits per heavy atom. The summed E-state index contributed by atoms with van der Waals surface area (Å²) in [5.74, 6) is 2.56. The number of hydrogen-bond acceptors (Lipinski definition) is 2. The highest BCUT2D eigenvalue weighted by Gasteiger charge is 2.21. The summed E-state index contributed by atoms with van der Waals surface area (Å²) >= 11 is 0. The van der Waals surface area contributed by atoms with E-state index in [1.807, 2.05) is 18.2 Å². The first kappa shape index (κ1) is 10.7. The number of rotatable bonds is 2. The maximum absolute atomic E-state index is 11.8. The van der Waals surface area contributed by atoms with Gasteiger partial charge in [0.2, 0.25) is 5.91 Å².